The lowest BCUT2D eigenvalue weighted by Crippen LogP contribution is -1.93. The van der Waals surface area contributed by atoms with Crippen molar-refractivity contribution in [2.24, 2.45) is 0 Å². The highest BCUT2D eigenvalue weighted by atomic mass is 19.1. The summed E-state index contributed by atoms with van der Waals surface area (Å²) < 4.78 is 12.7. The van der Waals surface area contributed by atoms with Crippen LogP contribution in [-0.2, 0) is 13.1 Å². The molecular weight excluding hydrogens is 187 g/mol. The Kier molecular flexibility index (Phi) is 3.13. The summed E-state index contributed by atoms with van der Waals surface area (Å²) in [6, 6.07) is 17.8. The van der Waals surface area contributed by atoms with Gasteiger partial charge in [0.2, 0.25) is 0 Å². The first-order chi connectivity index (χ1) is 7.40. The van der Waals surface area contributed by atoms with Crippen molar-refractivity contribution in [3.8, 4) is 0 Å². The van der Waals surface area contributed by atoms with Crippen LogP contribution in [0.4, 0.5) is 4.39 Å². The van der Waals surface area contributed by atoms with Gasteiger partial charge in [-0.25, -0.2) is 4.39 Å². The molecule has 0 bridgehead atoms. The van der Waals surface area contributed by atoms with E-state index in [0.29, 0.717) is 0 Å². The van der Waals surface area contributed by atoms with E-state index < -0.39 is 0 Å². The lowest BCUT2D eigenvalue weighted by molar-refractivity contribution is 0.483. The molecule has 0 heterocycles. The Labute approximate surface area is 89.4 Å². The van der Waals surface area contributed by atoms with Gasteiger partial charge in [-0.2, -0.15) is 0 Å². The van der Waals surface area contributed by atoms with E-state index in [1.54, 1.807) is 0 Å². The summed E-state index contributed by atoms with van der Waals surface area (Å²) in [5.41, 5.74) is 3.09. The maximum absolute atomic E-state index is 12.7. The average Bonchev–Trinajstić information content (AvgIpc) is 2.31. The van der Waals surface area contributed by atoms with E-state index in [9.17, 15) is 4.39 Å². The van der Waals surface area contributed by atoms with E-state index in [-0.39, 0.29) is 6.67 Å². The molecule has 2 rings (SSSR count). The second kappa shape index (κ2) is 4.74. The summed E-state index contributed by atoms with van der Waals surface area (Å²) in [6.45, 7) is -0.386. The van der Waals surface area contributed by atoms with Crippen LogP contribution in [0.5, 0.6) is 0 Å². The molecule has 0 nitrogen and oxygen atoms in total. The molecule has 0 saturated carbocycles. The summed E-state index contributed by atoms with van der Waals surface area (Å²) in [5.74, 6) is 0. The van der Waals surface area contributed by atoms with Crippen molar-refractivity contribution in [1.29, 1.82) is 0 Å². The van der Waals surface area contributed by atoms with Crippen LogP contribution < -0.4 is 0 Å². The van der Waals surface area contributed by atoms with Gasteiger partial charge in [0, 0.05) is 0 Å². The predicted molar refractivity (Wildman–Crippen MR) is 60.5 cm³/mol. The Morgan fingerprint density at radius 2 is 1.33 bits per heavy atom. The maximum Gasteiger partial charge on any atom is 0.115 e. The van der Waals surface area contributed by atoms with Crippen LogP contribution in [0, 0.1) is 0 Å². The van der Waals surface area contributed by atoms with E-state index >= 15 is 0 Å². The van der Waals surface area contributed by atoms with Crippen LogP contribution in [0.3, 0.4) is 0 Å². The van der Waals surface area contributed by atoms with Gasteiger partial charge >= 0.3 is 0 Å². The molecule has 0 aliphatic carbocycles. The van der Waals surface area contributed by atoms with Gasteiger partial charge in [-0.3, -0.25) is 0 Å². The first kappa shape index (κ1) is 9.91. The number of rotatable bonds is 3. The molecule has 0 spiro atoms. The van der Waals surface area contributed by atoms with Crippen LogP contribution in [0.2, 0.25) is 0 Å². The lowest BCUT2D eigenvalue weighted by Gasteiger charge is -2.06. The monoisotopic (exact) mass is 200 g/mol. The normalized spacial score (nSPS) is 10.2. The van der Waals surface area contributed by atoms with Crippen molar-refractivity contribution >= 4 is 0 Å². The minimum atomic E-state index is -0.386. The fraction of sp³-hybridized carbons (Fsp3) is 0.143. The minimum Gasteiger partial charge on any atom is -0.246 e. The Balaban J connectivity index is 2.24. The largest absolute Gasteiger partial charge is 0.246 e. The van der Waals surface area contributed by atoms with E-state index in [1.165, 1.54) is 5.56 Å². The Morgan fingerprint density at radius 1 is 0.733 bits per heavy atom. The number of halogens is 1. The Hall–Kier alpha value is -1.63. The predicted octanol–water partition coefficient (Wildman–Crippen LogP) is 3.75. The molecule has 0 radical (unpaired) electrons. The molecule has 0 atom stereocenters. The Morgan fingerprint density at radius 3 is 2.00 bits per heavy atom. The van der Waals surface area contributed by atoms with Crippen LogP contribution >= 0.6 is 0 Å². The Bertz CT molecular complexity index is 420. The van der Waals surface area contributed by atoms with E-state index in [0.717, 1.165) is 17.5 Å². The van der Waals surface area contributed by atoms with Crippen LogP contribution in [0.25, 0.3) is 0 Å². The SMILES string of the molecule is FCc1ccccc1Cc1ccccc1. The highest BCUT2D eigenvalue weighted by molar-refractivity contribution is 5.32. The molecule has 1 heteroatoms. The summed E-state index contributed by atoms with van der Waals surface area (Å²) in [4.78, 5) is 0. The molecule has 0 amide bonds. The van der Waals surface area contributed by atoms with Crippen molar-refractivity contribution in [3.63, 3.8) is 0 Å². The topological polar surface area (TPSA) is 0 Å². The molecular formula is C14H13F. The molecule has 0 aromatic heterocycles. The smallest absolute Gasteiger partial charge is 0.115 e. The van der Waals surface area contributed by atoms with Gasteiger partial charge in [-0.1, -0.05) is 54.6 Å². The molecule has 2 aromatic rings. The number of alkyl halides is 1. The standard InChI is InChI=1S/C14H13F/c15-11-14-9-5-4-8-13(14)10-12-6-2-1-3-7-12/h1-9H,10-11H2. The molecule has 2 aromatic carbocycles. The summed E-state index contributed by atoms with van der Waals surface area (Å²) in [6.07, 6.45) is 0.806. The van der Waals surface area contributed by atoms with Crippen molar-refractivity contribution in [2.75, 3.05) is 0 Å². The van der Waals surface area contributed by atoms with Crippen LogP contribution in [0.15, 0.2) is 54.6 Å². The molecule has 0 unspecified atom stereocenters. The minimum absolute atomic E-state index is 0.386. The van der Waals surface area contributed by atoms with Crippen molar-refractivity contribution < 1.29 is 4.39 Å². The molecule has 0 saturated heterocycles. The average molecular weight is 200 g/mol. The zero-order chi connectivity index (χ0) is 10.5. The molecule has 0 N–H and O–H groups in total. The second-order valence-electron chi connectivity index (χ2n) is 3.56. The van der Waals surface area contributed by atoms with Gasteiger partial charge in [0.25, 0.3) is 0 Å². The van der Waals surface area contributed by atoms with Gasteiger partial charge in [-0.05, 0) is 23.1 Å². The van der Waals surface area contributed by atoms with Crippen molar-refractivity contribution in [3.05, 3.63) is 71.3 Å². The first-order valence-electron chi connectivity index (χ1n) is 5.07. The van der Waals surface area contributed by atoms with Crippen LogP contribution in [0.1, 0.15) is 16.7 Å². The first-order valence-corrected chi connectivity index (χ1v) is 5.07. The van der Waals surface area contributed by atoms with E-state index in [2.05, 4.69) is 12.1 Å². The fourth-order valence-electron chi connectivity index (χ4n) is 1.68. The molecule has 15 heavy (non-hydrogen) atoms. The third-order valence-corrected chi connectivity index (χ3v) is 2.50. The van der Waals surface area contributed by atoms with E-state index in [1.807, 2.05) is 42.5 Å². The maximum atomic E-state index is 12.7. The molecule has 0 aliphatic rings. The summed E-state index contributed by atoms with van der Waals surface area (Å²) in [5, 5.41) is 0. The third kappa shape index (κ3) is 2.44. The lowest BCUT2D eigenvalue weighted by atomic mass is 10.0. The van der Waals surface area contributed by atoms with E-state index in [4.69, 9.17) is 0 Å². The van der Waals surface area contributed by atoms with Gasteiger partial charge in [0.1, 0.15) is 6.67 Å². The highest BCUT2D eigenvalue weighted by Gasteiger charge is 2.01. The van der Waals surface area contributed by atoms with Crippen LogP contribution in [-0.4, -0.2) is 0 Å². The summed E-state index contributed by atoms with van der Waals surface area (Å²) in [7, 11) is 0. The van der Waals surface area contributed by atoms with Crippen molar-refractivity contribution in [1.82, 2.24) is 0 Å². The molecule has 0 fully saturated rings. The second-order valence-corrected chi connectivity index (χ2v) is 3.56. The highest BCUT2D eigenvalue weighted by Crippen LogP contribution is 2.15. The quantitative estimate of drug-likeness (QED) is 0.708. The number of benzene rings is 2. The third-order valence-electron chi connectivity index (χ3n) is 2.50. The zero-order valence-corrected chi connectivity index (χ0v) is 8.49. The van der Waals surface area contributed by atoms with Crippen molar-refractivity contribution in [2.45, 2.75) is 13.1 Å². The zero-order valence-electron chi connectivity index (χ0n) is 8.49. The van der Waals surface area contributed by atoms with Gasteiger partial charge in [0.05, 0.1) is 0 Å². The fourth-order valence-corrected chi connectivity index (χ4v) is 1.68. The number of hydrogen-bond donors (Lipinski definition) is 0. The molecule has 0 aliphatic heterocycles. The number of hydrogen-bond acceptors (Lipinski definition) is 0. The van der Waals surface area contributed by atoms with Gasteiger partial charge < -0.3 is 0 Å². The van der Waals surface area contributed by atoms with Gasteiger partial charge in [-0.15, -0.1) is 0 Å². The summed E-state index contributed by atoms with van der Waals surface area (Å²) >= 11 is 0. The molecule has 76 valence electrons. The van der Waals surface area contributed by atoms with Gasteiger partial charge in [0.15, 0.2) is 0 Å².